The number of ether oxygens (including phenoxy) is 1. The highest BCUT2D eigenvalue weighted by Crippen LogP contribution is 2.21. The number of nitrogens with one attached hydrogen (secondary N) is 1. The third-order valence-electron chi connectivity index (χ3n) is 3.58. The molecule has 0 saturated heterocycles. The molecule has 1 rings (SSSR count). The van der Waals surface area contributed by atoms with Crippen LogP contribution in [0.3, 0.4) is 0 Å². The summed E-state index contributed by atoms with van der Waals surface area (Å²) in [6.45, 7) is 4.91. The van der Waals surface area contributed by atoms with E-state index in [-0.39, 0.29) is 17.6 Å². The smallest absolute Gasteiger partial charge is 0.220 e. The van der Waals surface area contributed by atoms with Crippen molar-refractivity contribution in [2.45, 2.75) is 46.0 Å². The van der Waals surface area contributed by atoms with E-state index in [4.69, 9.17) is 4.74 Å². The van der Waals surface area contributed by atoms with Crippen LogP contribution in [0.5, 0.6) is 0 Å². The molecule has 1 aliphatic rings. The Labute approximate surface area is 133 Å². The summed E-state index contributed by atoms with van der Waals surface area (Å²) in [4.78, 5) is 11.8. The van der Waals surface area contributed by atoms with Crippen LogP contribution >= 0.6 is 0 Å². The van der Waals surface area contributed by atoms with Crippen molar-refractivity contribution in [3.8, 4) is 0 Å². The Hall–Kier alpha value is -1.71. The molecular weight excluding hydrogens is 278 g/mol. The summed E-state index contributed by atoms with van der Waals surface area (Å²) in [5.41, 5.74) is 0. The van der Waals surface area contributed by atoms with Gasteiger partial charge in [0.2, 0.25) is 5.91 Å². The van der Waals surface area contributed by atoms with E-state index in [0.717, 1.165) is 25.7 Å². The molecule has 1 atom stereocenters. The van der Waals surface area contributed by atoms with Crippen LogP contribution in [0.25, 0.3) is 0 Å². The second-order valence-electron chi connectivity index (χ2n) is 6.04. The minimum Gasteiger partial charge on any atom is -0.504 e. The lowest BCUT2D eigenvalue weighted by Crippen LogP contribution is -2.29. The molecule has 0 spiro atoms. The molecule has 0 aliphatic heterocycles. The van der Waals surface area contributed by atoms with Crippen molar-refractivity contribution >= 4 is 5.91 Å². The fourth-order valence-corrected chi connectivity index (χ4v) is 2.30. The molecule has 0 fully saturated rings. The minimum absolute atomic E-state index is 0.0963. The van der Waals surface area contributed by atoms with Crippen LogP contribution in [0, 0.1) is 11.8 Å². The van der Waals surface area contributed by atoms with Crippen molar-refractivity contribution in [2.75, 3.05) is 13.7 Å². The van der Waals surface area contributed by atoms with Crippen LogP contribution in [0.2, 0.25) is 0 Å². The Balaban J connectivity index is 2.15. The van der Waals surface area contributed by atoms with Gasteiger partial charge in [-0.1, -0.05) is 26.0 Å². The predicted molar refractivity (Wildman–Crippen MR) is 89.4 cm³/mol. The number of hydrogen-bond acceptors (Lipinski definition) is 3. The first-order valence-electron chi connectivity index (χ1n) is 8.11. The number of rotatable bonds is 9. The molecular formula is C18H29NO3. The summed E-state index contributed by atoms with van der Waals surface area (Å²) in [5, 5.41) is 12.5. The van der Waals surface area contributed by atoms with Crippen molar-refractivity contribution in [2.24, 2.45) is 11.8 Å². The summed E-state index contributed by atoms with van der Waals surface area (Å²) >= 11 is 0. The standard InChI is InChI=1S/C18H29NO3/c1-14(2)8-6-4-5-7-9-18(21)19-13-15-10-11-16(20)17(12-15)22-3/h6,8,11-12,14-15,20H,4-5,7,9-10,13H2,1-3H3,(H,19,21)/b8-6+/t15-/m1/s1. The van der Waals surface area contributed by atoms with E-state index in [0.29, 0.717) is 24.6 Å². The topological polar surface area (TPSA) is 58.6 Å². The number of methoxy groups -OCH3 is 1. The highest BCUT2D eigenvalue weighted by Gasteiger charge is 2.16. The maximum atomic E-state index is 11.8. The third kappa shape index (κ3) is 7.34. The summed E-state index contributed by atoms with van der Waals surface area (Å²) < 4.78 is 5.08. The molecule has 0 radical (unpaired) electrons. The quantitative estimate of drug-likeness (QED) is 0.502. The van der Waals surface area contributed by atoms with Crippen molar-refractivity contribution in [3.05, 3.63) is 35.8 Å². The molecule has 0 heterocycles. The monoisotopic (exact) mass is 307 g/mol. The van der Waals surface area contributed by atoms with E-state index >= 15 is 0 Å². The van der Waals surface area contributed by atoms with E-state index in [1.54, 1.807) is 6.08 Å². The number of carbonyl (C=O) groups is 1. The molecule has 0 unspecified atom stereocenters. The van der Waals surface area contributed by atoms with Gasteiger partial charge < -0.3 is 15.2 Å². The summed E-state index contributed by atoms with van der Waals surface area (Å²) in [6.07, 6.45) is 12.3. The number of unbranched alkanes of at least 4 members (excludes halogenated alkanes) is 2. The molecule has 0 aromatic heterocycles. The molecule has 0 saturated carbocycles. The SMILES string of the molecule is COC1=C[C@H](CNC(=O)CCCC/C=C/C(C)C)CC=C1O. The molecule has 0 aromatic carbocycles. The van der Waals surface area contributed by atoms with Gasteiger partial charge in [-0.3, -0.25) is 4.79 Å². The first-order valence-corrected chi connectivity index (χ1v) is 8.11. The van der Waals surface area contributed by atoms with Crippen molar-refractivity contribution < 1.29 is 14.6 Å². The van der Waals surface area contributed by atoms with E-state index < -0.39 is 0 Å². The van der Waals surface area contributed by atoms with Gasteiger partial charge >= 0.3 is 0 Å². The van der Waals surface area contributed by atoms with Gasteiger partial charge in [0.15, 0.2) is 11.5 Å². The molecule has 1 aliphatic carbocycles. The molecule has 4 nitrogen and oxygen atoms in total. The minimum atomic E-state index is 0.0963. The second kappa shape index (κ2) is 10.1. The Morgan fingerprint density at radius 2 is 2.27 bits per heavy atom. The zero-order chi connectivity index (χ0) is 16.4. The average Bonchev–Trinajstić information content (AvgIpc) is 2.49. The molecule has 0 bridgehead atoms. The van der Waals surface area contributed by atoms with Crippen LogP contribution in [0.1, 0.15) is 46.0 Å². The normalized spacial score (nSPS) is 18.3. The highest BCUT2D eigenvalue weighted by atomic mass is 16.5. The van der Waals surface area contributed by atoms with Gasteiger partial charge in [0, 0.05) is 18.9 Å². The maximum absolute atomic E-state index is 11.8. The zero-order valence-corrected chi connectivity index (χ0v) is 14.0. The number of aliphatic hydroxyl groups is 1. The van der Waals surface area contributed by atoms with Crippen LogP contribution in [-0.2, 0) is 9.53 Å². The van der Waals surface area contributed by atoms with Gasteiger partial charge in [-0.25, -0.2) is 0 Å². The van der Waals surface area contributed by atoms with E-state index in [1.165, 1.54) is 7.11 Å². The average molecular weight is 307 g/mol. The van der Waals surface area contributed by atoms with Gasteiger partial charge in [-0.15, -0.1) is 0 Å². The largest absolute Gasteiger partial charge is 0.504 e. The Morgan fingerprint density at radius 1 is 1.50 bits per heavy atom. The van der Waals surface area contributed by atoms with Gasteiger partial charge in [0.25, 0.3) is 0 Å². The van der Waals surface area contributed by atoms with Gasteiger partial charge in [-0.2, -0.15) is 0 Å². The van der Waals surface area contributed by atoms with Gasteiger partial charge in [0.1, 0.15) is 0 Å². The lowest BCUT2D eigenvalue weighted by atomic mass is 9.99. The van der Waals surface area contributed by atoms with Crippen LogP contribution in [0.4, 0.5) is 0 Å². The van der Waals surface area contributed by atoms with Gasteiger partial charge in [0.05, 0.1) is 7.11 Å². The number of aliphatic hydroxyl groups excluding tert-OH is 1. The van der Waals surface area contributed by atoms with Crippen LogP contribution < -0.4 is 5.32 Å². The Morgan fingerprint density at radius 3 is 2.95 bits per heavy atom. The van der Waals surface area contributed by atoms with E-state index in [2.05, 4.69) is 31.3 Å². The number of allylic oxidation sites excluding steroid dienone is 3. The maximum Gasteiger partial charge on any atom is 0.220 e. The second-order valence-corrected chi connectivity index (χ2v) is 6.04. The molecule has 124 valence electrons. The zero-order valence-electron chi connectivity index (χ0n) is 14.0. The first kappa shape index (κ1) is 18.3. The molecule has 4 heteroatoms. The fourth-order valence-electron chi connectivity index (χ4n) is 2.30. The fraction of sp³-hybridized carbons (Fsp3) is 0.611. The third-order valence-corrected chi connectivity index (χ3v) is 3.58. The number of amides is 1. The summed E-state index contributed by atoms with van der Waals surface area (Å²) in [7, 11) is 1.53. The number of carbonyl (C=O) groups excluding carboxylic acids is 1. The predicted octanol–water partition coefficient (Wildman–Crippen LogP) is 3.87. The van der Waals surface area contributed by atoms with Gasteiger partial charge in [-0.05, 0) is 43.8 Å². The number of hydrogen-bond donors (Lipinski definition) is 2. The molecule has 1 amide bonds. The molecule has 22 heavy (non-hydrogen) atoms. The van der Waals surface area contributed by atoms with Crippen molar-refractivity contribution in [1.29, 1.82) is 0 Å². The van der Waals surface area contributed by atoms with Crippen LogP contribution in [0.15, 0.2) is 35.8 Å². The van der Waals surface area contributed by atoms with E-state index in [1.807, 2.05) is 6.08 Å². The van der Waals surface area contributed by atoms with Crippen molar-refractivity contribution in [1.82, 2.24) is 5.32 Å². The van der Waals surface area contributed by atoms with Crippen LogP contribution in [-0.4, -0.2) is 24.7 Å². The molecule has 0 aromatic rings. The van der Waals surface area contributed by atoms with Crippen molar-refractivity contribution in [3.63, 3.8) is 0 Å². The molecule has 2 N–H and O–H groups in total. The lowest BCUT2D eigenvalue weighted by molar-refractivity contribution is -0.121. The lowest BCUT2D eigenvalue weighted by Gasteiger charge is -2.18. The Bertz CT molecular complexity index is 436. The first-order chi connectivity index (χ1) is 10.5. The summed E-state index contributed by atoms with van der Waals surface area (Å²) in [6, 6.07) is 0. The highest BCUT2D eigenvalue weighted by molar-refractivity contribution is 5.75. The Kier molecular flexibility index (Phi) is 8.41. The van der Waals surface area contributed by atoms with E-state index in [9.17, 15) is 9.90 Å². The summed E-state index contributed by atoms with van der Waals surface area (Å²) in [5.74, 6) is 1.54.